The molecule has 0 radical (unpaired) electrons. The number of nitrogens with zero attached hydrogens (tertiary/aromatic N) is 1. The predicted molar refractivity (Wildman–Crippen MR) is 82.1 cm³/mol. The van der Waals surface area contributed by atoms with Crippen molar-refractivity contribution in [2.45, 2.75) is 25.7 Å². The number of para-hydroxylation sites is 1. The number of alkyl halides is 1. The number of carbonyl (C=O) groups is 1. The van der Waals surface area contributed by atoms with Gasteiger partial charge in [0.15, 0.2) is 0 Å². The molecule has 0 bridgehead atoms. The summed E-state index contributed by atoms with van der Waals surface area (Å²) in [7, 11) is 0. The van der Waals surface area contributed by atoms with Crippen LogP contribution in [0.1, 0.15) is 25.7 Å². The summed E-state index contributed by atoms with van der Waals surface area (Å²) in [6.07, 6.45) is 4.81. The quantitative estimate of drug-likeness (QED) is 0.586. The van der Waals surface area contributed by atoms with Crippen LogP contribution in [0.25, 0.3) is 0 Å². The van der Waals surface area contributed by atoms with Crippen LogP contribution in [0.4, 0.5) is 5.69 Å². The normalized spacial score (nSPS) is 31.5. The number of halogens is 1. The number of hydrogen-bond donors (Lipinski definition) is 0. The van der Waals surface area contributed by atoms with Crippen molar-refractivity contribution < 1.29 is 4.79 Å². The number of carbonyl (C=O) groups excluding carboxylic acids is 1. The molecule has 96 valence electrons. The molecule has 3 rings (SSSR count). The second-order valence-electron chi connectivity index (χ2n) is 5.48. The predicted octanol–water partition coefficient (Wildman–Crippen LogP) is 3.64. The van der Waals surface area contributed by atoms with Gasteiger partial charge >= 0.3 is 0 Å². The van der Waals surface area contributed by atoms with E-state index >= 15 is 0 Å². The molecule has 1 aliphatic carbocycles. The summed E-state index contributed by atoms with van der Waals surface area (Å²) in [4.78, 5) is 14.8. The van der Waals surface area contributed by atoms with Crippen LogP contribution in [0.3, 0.4) is 0 Å². The van der Waals surface area contributed by atoms with Crippen molar-refractivity contribution in [1.82, 2.24) is 0 Å². The highest BCUT2D eigenvalue weighted by molar-refractivity contribution is 14.1. The highest BCUT2D eigenvalue weighted by Gasteiger charge is 2.53. The van der Waals surface area contributed by atoms with E-state index in [2.05, 4.69) is 34.7 Å². The van der Waals surface area contributed by atoms with Crippen LogP contribution in [0.5, 0.6) is 0 Å². The Labute approximate surface area is 122 Å². The molecule has 2 nitrogen and oxygen atoms in total. The lowest BCUT2D eigenvalue weighted by Gasteiger charge is -2.34. The summed E-state index contributed by atoms with van der Waals surface area (Å²) in [5.41, 5.74) is 1.01. The van der Waals surface area contributed by atoms with E-state index in [-0.39, 0.29) is 5.41 Å². The minimum absolute atomic E-state index is 0.0609. The zero-order valence-corrected chi connectivity index (χ0v) is 12.6. The Morgan fingerprint density at radius 3 is 2.72 bits per heavy atom. The van der Waals surface area contributed by atoms with Gasteiger partial charge in [-0.3, -0.25) is 4.79 Å². The van der Waals surface area contributed by atoms with Crippen molar-refractivity contribution in [2.75, 3.05) is 15.9 Å². The van der Waals surface area contributed by atoms with E-state index in [4.69, 9.17) is 0 Å². The summed E-state index contributed by atoms with van der Waals surface area (Å²) in [5, 5.41) is 0. The summed E-state index contributed by atoms with van der Waals surface area (Å²) >= 11 is 2.41. The van der Waals surface area contributed by atoms with E-state index in [9.17, 15) is 4.79 Å². The molecular formula is C15H18INO. The van der Waals surface area contributed by atoms with Crippen molar-refractivity contribution in [1.29, 1.82) is 0 Å². The minimum Gasteiger partial charge on any atom is -0.312 e. The van der Waals surface area contributed by atoms with E-state index in [0.29, 0.717) is 11.8 Å². The number of hydrogen-bond acceptors (Lipinski definition) is 1. The average molecular weight is 355 g/mol. The molecule has 2 atom stereocenters. The van der Waals surface area contributed by atoms with Gasteiger partial charge in [0.25, 0.3) is 0 Å². The highest BCUT2D eigenvalue weighted by Crippen LogP contribution is 2.49. The van der Waals surface area contributed by atoms with Crippen LogP contribution < -0.4 is 4.90 Å². The molecule has 2 fully saturated rings. The molecule has 1 heterocycles. The van der Waals surface area contributed by atoms with Gasteiger partial charge in [-0.1, -0.05) is 53.6 Å². The topological polar surface area (TPSA) is 20.3 Å². The van der Waals surface area contributed by atoms with Crippen LogP contribution >= 0.6 is 22.6 Å². The van der Waals surface area contributed by atoms with E-state index in [1.54, 1.807) is 0 Å². The van der Waals surface area contributed by atoms with Crippen molar-refractivity contribution in [3.63, 3.8) is 0 Å². The third-order valence-electron chi connectivity index (χ3n) is 4.59. The highest BCUT2D eigenvalue weighted by atomic mass is 127. The number of fused-ring (bicyclic) bond motifs is 1. The third-order valence-corrected chi connectivity index (χ3v) is 5.95. The van der Waals surface area contributed by atoms with Crippen molar-refractivity contribution in [3.8, 4) is 0 Å². The first-order chi connectivity index (χ1) is 8.78. The first-order valence-electron chi connectivity index (χ1n) is 6.71. The minimum atomic E-state index is -0.0609. The van der Waals surface area contributed by atoms with Crippen molar-refractivity contribution in [3.05, 3.63) is 30.3 Å². The third kappa shape index (κ3) is 1.78. The maximum Gasteiger partial charge on any atom is 0.234 e. The summed E-state index contributed by atoms with van der Waals surface area (Å²) in [6, 6.07) is 10.1. The molecule has 2 aliphatic rings. The molecule has 1 aliphatic heterocycles. The Morgan fingerprint density at radius 1 is 1.28 bits per heavy atom. The molecule has 0 unspecified atom stereocenters. The van der Waals surface area contributed by atoms with E-state index < -0.39 is 0 Å². The average Bonchev–Trinajstić information content (AvgIpc) is 2.74. The maximum absolute atomic E-state index is 12.8. The van der Waals surface area contributed by atoms with E-state index in [0.717, 1.165) is 23.1 Å². The van der Waals surface area contributed by atoms with Gasteiger partial charge in [0, 0.05) is 16.7 Å². The molecule has 1 saturated heterocycles. The molecule has 1 saturated carbocycles. The molecule has 0 aromatic heterocycles. The fourth-order valence-corrected chi connectivity index (χ4v) is 4.83. The van der Waals surface area contributed by atoms with Crippen molar-refractivity contribution >= 4 is 34.2 Å². The van der Waals surface area contributed by atoms with Crippen molar-refractivity contribution in [2.24, 2.45) is 11.3 Å². The molecular weight excluding hydrogens is 337 g/mol. The van der Waals surface area contributed by atoms with Gasteiger partial charge in [0.05, 0.1) is 5.41 Å². The molecule has 1 aromatic rings. The van der Waals surface area contributed by atoms with Crippen LogP contribution in [0, 0.1) is 11.3 Å². The van der Waals surface area contributed by atoms with Gasteiger partial charge < -0.3 is 4.90 Å². The van der Waals surface area contributed by atoms with Crippen LogP contribution in [0.15, 0.2) is 30.3 Å². The van der Waals surface area contributed by atoms with Gasteiger partial charge in [-0.05, 0) is 30.9 Å². The first kappa shape index (κ1) is 12.5. The summed E-state index contributed by atoms with van der Waals surface area (Å²) < 4.78 is 0.970. The zero-order chi connectivity index (χ0) is 12.6. The molecule has 18 heavy (non-hydrogen) atoms. The van der Waals surface area contributed by atoms with Crippen LogP contribution in [-0.4, -0.2) is 16.9 Å². The Kier molecular flexibility index (Phi) is 3.34. The number of rotatable bonds is 2. The second kappa shape index (κ2) is 4.83. The molecule has 1 amide bonds. The lowest BCUT2D eigenvalue weighted by atomic mass is 9.69. The Balaban J connectivity index is 1.94. The van der Waals surface area contributed by atoms with Gasteiger partial charge in [0.1, 0.15) is 0 Å². The fourth-order valence-electron chi connectivity index (χ4n) is 3.49. The molecule has 0 spiro atoms. The zero-order valence-electron chi connectivity index (χ0n) is 10.4. The largest absolute Gasteiger partial charge is 0.312 e. The summed E-state index contributed by atoms with van der Waals surface area (Å²) in [5.74, 6) is 0.934. The van der Waals surface area contributed by atoms with E-state index in [1.807, 2.05) is 23.1 Å². The smallest absolute Gasteiger partial charge is 0.234 e. The van der Waals surface area contributed by atoms with E-state index in [1.165, 1.54) is 19.3 Å². The summed E-state index contributed by atoms with van der Waals surface area (Å²) in [6.45, 7) is 0.922. The number of benzene rings is 1. The fraction of sp³-hybridized carbons (Fsp3) is 0.533. The Bertz CT molecular complexity index is 447. The molecule has 1 aromatic carbocycles. The first-order valence-corrected chi connectivity index (χ1v) is 8.23. The van der Waals surface area contributed by atoms with Gasteiger partial charge in [0.2, 0.25) is 5.91 Å². The monoisotopic (exact) mass is 355 g/mol. The lowest BCUT2D eigenvalue weighted by Crippen LogP contribution is -2.40. The number of amides is 1. The van der Waals surface area contributed by atoms with Crippen LogP contribution in [0.2, 0.25) is 0 Å². The number of anilines is 1. The Hall–Kier alpha value is -0.580. The molecule has 3 heteroatoms. The van der Waals surface area contributed by atoms with Crippen LogP contribution in [-0.2, 0) is 4.79 Å². The van der Waals surface area contributed by atoms with Gasteiger partial charge in [-0.15, -0.1) is 0 Å². The second-order valence-corrected chi connectivity index (χ2v) is 6.25. The maximum atomic E-state index is 12.8. The SMILES string of the molecule is O=C1N(c2ccccc2)C[C@H]2CCCC[C@@]12CI. The molecule has 0 N–H and O–H groups in total. The Morgan fingerprint density at radius 2 is 2.06 bits per heavy atom. The van der Waals surface area contributed by atoms with Gasteiger partial charge in [-0.2, -0.15) is 0 Å². The van der Waals surface area contributed by atoms with Gasteiger partial charge in [-0.25, -0.2) is 0 Å². The standard InChI is InChI=1S/C15H18INO/c16-11-15-9-5-4-6-12(15)10-17(14(15)18)13-7-2-1-3-8-13/h1-3,7-8,12H,4-6,9-11H2/t12-,15+/m1/s1. The lowest BCUT2D eigenvalue weighted by molar-refractivity contribution is -0.126.